The van der Waals surface area contributed by atoms with E-state index >= 15 is 0 Å². The van der Waals surface area contributed by atoms with Crippen LogP contribution in [-0.4, -0.2) is 32.6 Å². The second kappa shape index (κ2) is 6.22. The lowest BCUT2D eigenvalue weighted by atomic mass is 9.99. The molecule has 4 unspecified atom stereocenters. The van der Waals surface area contributed by atoms with Gasteiger partial charge in [-0.2, -0.15) is 0 Å². The summed E-state index contributed by atoms with van der Waals surface area (Å²) >= 11 is 0. The highest BCUT2D eigenvalue weighted by Crippen LogP contribution is 2.42. The smallest absolute Gasteiger partial charge is 0.129 e. The van der Waals surface area contributed by atoms with E-state index in [9.17, 15) is 20.4 Å². The Morgan fingerprint density at radius 3 is 1.46 bits per heavy atom. The van der Waals surface area contributed by atoms with Crippen molar-refractivity contribution in [1.29, 1.82) is 0 Å². The third kappa shape index (κ3) is 2.74. The summed E-state index contributed by atoms with van der Waals surface area (Å²) in [5.74, 6) is 0.273. The molecule has 0 saturated heterocycles. The number of aliphatic hydroxyl groups excluding tert-OH is 2. The van der Waals surface area contributed by atoms with Crippen LogP contribution in [0.25, 0.3) is 0 Å². The van der Waals surface area contributed by atoms with Crippen molar-refractivity contribution in [2.24, 2.45) is 0 Å². The van der Waals surface area contributed by atoms with Gasteiger partial charge in [0, 0.05) is 0 Å². The Kier molecular flexibility index (Phi) is 4.26. The van der Waals surface area contributed by atoms with Crippen LogP contribution in [0.3, 0.4) is 0 Å². The van der Waals surface area contributed by atoms with Crippen LogP contribution in [0.15, 0.2) is 36.4 Å². The predicted octanol–water partition coefficient (Wildman–Crippen LogP) is 2.41. The summed E-state index contributed by atoms with van der Waals surface area (Å²) in [6.07, 6.45) is -3.80. The molecule has 0 aliphatic carbocycles. The van der Waals surface area contributed by atoms with Crippen molar-refractivity contribution >= 4 is 0 Å². The Hall–Kier alpha value is -2.44. The van der Waals surface area contributed by atoms with Crippen LogP contribution in [0.1, 0.15) is 37.2 Å². The lowest BCUT2D eigenvalue weighted by Crippen LogP contribution is -2.28. The maximum atomic E-state index is 10.6. The second-order valence-corrected chi connectivity index (χ2v) is 5.91. The van der Waals surface area contributed by atoms with Gasteiger partial charge in [-0.15, -0.1) is 0 Å². The molecule has 24 heavy (non-hydrogen) atoms. The molecule has 1 aliphatic heterocycles. The van der Waals surface area contributed by atoms with Gasteiger partial charge in [0.2, 0.25) is 0 Å². The second-order valence-electron chi connectivity index (χ2n) is 5.91. The van der Waals surface area contributed by atoms with Crippen LogP contribution in [0.2, 0.25) is 0 Å². The first kappa shape index (κ1) is 16.4. The third-order valence-corrected chi connectivity index (χ3v) is 4.19. The zero-order valence-electron chi connectivity index (χ0n) is 13.4. The summed E-state index contributed by atoms with van der Waals surface area (Å²) in [5.41, 5.74) is 0.403. The minimum absolute atomic E-state index is 0.117. The van der Waals surface area contributed by atoms with Crippen LogP contribution < -0.4 is 9.47 Å². The first-order chi connectivity index (χ1) is 11.4. The molecule has 6 heteroatoms. The lowest BCUT2D eigenvalue weighted by molar-refractivity contribution is 0.0133. The highest BCUT2D eigenvalue weighted by atomic mass is 16.5. The van der Waals surface area contributed by atoms with E-state index in [4.69, 9.17) is 9.47 Å². The van der Waals surface area contributed by atoms with Gasteiger partial charge in [-0.05, 0) is 38.1 Å². The Labute approximate surface area is 139 Å². The van der Waals surface area contributed by atoms with Crippen molar-refractivity contribution in [1.82, 2.24) is 0 Å². The maximum absolute atomic E-state index is 10.6. The number of benzene rings is 2. The number of phenols is 2. The van der Waals surface area contributed by atoms with Gasteiger partial charge >= 0.3 is 0 Å². The zero-order valence-corrected chi connectivity index (χ0v) is 13.4. The van der Waals surface area contributed by atoms with E-state index in [1.165, 1.54) is 12.1 Å². The van der Waals surface area contributed by atoms with E-state index in [1.807, 2.05) is 0 Å². The fraction of sp³-hybridized carbons (Fsp3) is 0.333. The Morgan fingerprint density at radius 1 is 0.708 bits per heavy atom. The van der Waals surface area contributed by atoms with Crippen LogP contribution in [0.5, 0.6) is 23.0 Å². The van der Waals surface area contributed by atoms with Crippen LogP contribution >= 0.6 is 0 Å². The number of phenolic OH excluding ortho intramolecular Hbond substituents is 2. The summed E-state index contributed by atoms with van der Waals surface area (Å²) in [5, 5.41) is 41.4. The quantitative estimate of drug-likeness (QED) is 0.591. The SMILES string of the molecule is CC1Oc2cccc(O)c2C(O)C(C)Oc2cccc(O)c2C1O. The molecule has 0 spiro atoms. The van der Waals surface area contributed by atoms with Crippen molar-refractivity contribution < 1.29 is 29.9 Å². The molecule has 4 atom stereocenters. The van der Waals surface area contributed by atoms with Gasteiger partial charge in [-0.1, -0.05) is 12.1 Å². The largest absolute Gasteiger partial charge is 0.507 e. The summed E-state index contributed by atoms with van der Waals surface area (Å²) in [6, 6.07) is 9.27. The highest BCUT2D eigenvalue weighted by molar-refractivity contribution is 5.49. The van der Waals surface area contributed by atoms with Crippen LogP contribution in [0.4, 0.5) is 0 Å². The van der Waals surface area contributed by atoms with Crippen molar-refractivity contribution in [3.63, 3.8) is 0 Å². The van der Waals surface area contributed by atoms with Crippen LogP contribution in [0, 0.1) is 0 Å². The molecular weight excluding hydrogens is 312 g/mol. The monoisotopic (exact) mass is 332 g/mol. The predicted molar refractivity (Wildman–Crippen MR) is 86.3 cm³/mol. The van der Waals surface area contributed by atoms with Gasteiger partial charge in [0.25, 0.3) is 0 Å². The Morgan fingerprint density at radius 2 is 1.08 bits per heavy atom. The minimum Gasteiger partial charge on any atom is -0.507 e. The van der Waals surface area contributed by atoms with Crippen molar-refractivity contribution in [3.8, 4) is 23.0 Å². The maximum Gasteiger partial charge on any atom is 0.129 e. The number of aliphatic hydroxyl groups is 2. The molecule has 0 bridgehead atoms. The van der Waals surface area contributed by atoms with Gasteiger partial charge in [0.15, 0.2) is 0 Å². The average molecular weight is 332 g/mol. The molecule has 0 fully saturated rings. The van der Waals surface area contributed by atoms with Crippen molar-refractivity contribution in [2.75, 3.05) is 0 Å². The van der Waals surface area contributed by atoms with Crippen LogP contribution in [-0.2, 0) is 0 Å². The summed E-state index contributed by atoms with van der Waals surface area (Å²) in [4.78, 5) is 0. The minimum atomic E-state index is -1.15. The number of ether oxygens (including phenoxy) is 2. The van der Waals surface area contributed by atoms with E-state index in [0.29, 0.717) is 0 Å². The van der Waals surface area contributed by atoms with Crippen molar-refractivity contribution in [3.05, 3.63) is 47.5 Å². The molecule has 3 rings (SSSR count). The molecule has 0 saturated carbocycles. The average Bonchev–Trinajstić information content (AvgIpc) is 2.53. The van der Waals surface area contributed by atoms with Gasteiger partial charge in [-0.25, -0.2) is 0 Å². The van der Waals surface area contributed by atoms with E-state index in [1.54, 1.807) is 38.1 Å². The molecule has 4 N–H and O–H groups in total. The molecule has 0 aromatic heterocycles. The van der Waals surface area contributed by atoms with E-state index in [2.05, 4.69) is 0 Å². The molecule has 2 aromatic carbocycles. The molecule has 1 heterocycles. The van der Waals surface area contributed by atoms with E-state index < -0.39 is 24.4 Å². The lowest BCUT2D eigenvalue weighted by Gasteiger charge is -2.30. The first-order valence-electron chi connectivity index (χ1n) is 7.73. The normalized spacial score (nSPS) is 26.5. The molecular formula is C18H20O6. The van der Waals surface area contributed by atoms with E-state index in [-0.39, 0.29) is 34.1 Å². The number of aromatic hydroxyl groups is 2. The topological polar surface area (TPSA) is 99.4 Å². The number of rotatable bonds is 0. The number of hydrogen-bond donors (Lipinski definition) is 4. The summed E-state index contributed by atoms with van der Waals surface area (Å²) in [6.45, 7) is 3.26. The fourth-order valence-electron chi connectivity index (χ4n) is 2.86. The molecule has 1 aliphatic rings. The Bertz CT molecular complexity index is 681. The highest BCUT2D eigenvalue weighted by Gasteiger charge is 2.32. The number of hydrogen-bond acceptors (Lipinski definition) is 6. The van der Waals surface area contributed by atoms with Gasteiger partial charge in [0.1, 0.15) is 47.4 Å². The third-order valence-electron chi connectivity index (χ3n) is 4.19. The number of fused-ring (bicyclic) bond motifs is 2. The zero-order chi connectivity index (χ0) is 17.4. The van der Waals surface area contributed by atoms with Gasteiger partial charge in [0.05, 0.1) is 11.1 Å². The summed E-state index contributed by atoms with van der Waals surface area (Å²) < 4.78 is 11.5. The van der Waals surface area contributed by atoms with Gasteiger partial charge < -0.3 is 29.9 Å². The fourth-order valence-corrected chi connectivity index (χ4v) is 2.86. The molecule has 128 valence electrons. The Balaban J connectivity index is 2.14. The standard InChI is InChI=1S/C18H20O6/c1-9-17(21)15-11(19)5-4-8-14(15)24-10(2)18(22)16-12(20)6-3-7-13(16)23-9/h3-10,17-22H,1-2H3. The molecule has 0 radical (unpaired) electrons. The summed E-state index contributed by atoms with van der Waals surface area (Å²) in [7, 11) is 0. The molecule has 2 aromatic rings. The first-order valence-corrected chi connectivity index (χ1v) is 7.73. The van der Waals surface area contributed by atoms with Gasteiger partial charge in [-0.3, -0.25) is 0 Å². The molecule has 6 nitrogen and oxygen atoms in total. The molecule has 0 amide bonds. The van der Waals surface area contributed by atoms with Crippen molar-refractivity contribution in [2.45, 2.75) is 38.3 Å². The van der Waals surface area contributed by atoms with E-state index in [0.717, 1.165) is 0 Å².